The van der Waals surface area contributed by atoms with Gasteiger partial charge in [0.15, 0.2) is 0 Å². The van der Waals surface area contributed by atoms with E-state index in [4.69, 9.17) is 4.74 Å². The fourth-order valence-corrected chi connectivity index (χ4v) is 4.00. The van der Waals surface area contributed by atoms with Crippen LogP contribution in [-0.4, -0.2) is 76.8 Å². The van der Waals surface area contributed by atoms with Gasteiger partial charge in [-0.1, -0.05) is 6.07 Å². The van der Waals surface area contributed by atoms with E-state index in [0.29, 0.717) is 24.5 Å². The number of hydrogen-bond acceptors (Lipinski definition) is 5. The molecule has 1 aromatic carbocycles. The molecule has 1 fully saturated rings. The molecule has 0 bridgehead atoms. The number of anilines is 1. The lowest BCUT2D eigenvalue weighted by Crippen LogP contribution is -2.54. The van der Waals surface area contributed by atoms with Crippen LogP contribution in [0.1, 0.15) is 6.92 Å². The van der Waals surface area contributed by atoms with Gasteiger partial charge in [0.2, 0.25) is 15.9 Å². The third-order valence-corrected chi connectivity index (χ3v) is 5.43. The van der Waals surface area contributed by atoms with E-state index in [0.717, 1.165) is 23.7 Å². The molecule has 1 heterocycles. The van der Waals surface area contributed by atoms with Gasteiger partial charge in [-0.25, -0.2) is 8.42 Å². The minimum Gasteiger partial charge on any atom is -0.497 e. The van der Waals surface area contributed by atoms with E-state index in [1.54, 1.807) is 36.1 Å². The molecule has 1 saturated heterocycles. The van der Waals surface area contributed by atoms with Gasteiger partial charge < -0.3 is 14.5 Å². The molecule has 0 aromatic heterocycles. The number of likely N-dealkylation sites (N-methyl/N-ethyl adjacent to an activating group) is 1. The molecule has 0 radical (unpaired) electrons. The van der Waals surface area contributed by atoms with Crippen molar-refractivity contribution < 1.29 is 17.9 Å². The zero-order valence-corrected chi connectivity index (χ0v) is 15.4. The average molecular weight is 355 g/mol. The van der Waals surface area contributed by atoms with Gasteiger partial charge in [0.05, 0.1) is 19.1 Å². The highest BCUT2D eigenvalue weighted by Gasteiger charge is 2.33. The Hall–Kier alpha value is -1.80. The van der Waals surface area contributed by atoms with Crippen molar-refractivity contribution in [3.63, 3.8) is 0 Å². The minimum atomic E-state index is -3.62. The highest BCUT2D eigenvalue weighted by molar-refractivity contribution is 7.92. The molecular weight excluding hydrogens is 330 g/mol. The van der Waals surface area contributed by atoms with Crippen LogP contribution < -0.4 is 9.04 Å². The maximum atomic E-state index is 12.8. The lowest BCUT2D eigenvalue weighted by molar-refractivity contribution is -0.133. The monoisotopic (exact) mass is 355 g/mol. The average Bonchev–Trinajstić information content (AvgIpc) is 2.54. The topological polar surface area (TPSA) is 70.2 Å². The Morgan fingerprint density at radius 2 is 1.88 bits per heavy atom. The maximum absolute atomic E-state index is 12.8. The van der Waals surface area contributed by atoms with E-state index in [9.17, 15) is 13.2 Å². The van der Waals surface area contributed by atoms with Crippen LogP contribution in [0.3, 0.4) is 0 Å². The summed E-state index contributed by atoms with van der Waals surface area (Å²) in [5, 5.41) is 0. The summed E-state index contributed by atoms with van der Waals surface area (Å²) in [5.41, 5.74) is 0.423. The van der Waals surface area contributed by atoms with Gasteiger partial charge in [0.25, 0.3) is 0 Å². The number of hydrogen-bond donors (Lipinski definition) is 0. The van der Waals surface area contributed by atoms with Gasteiger partial charge in [-0.15, -0.1) is 0 Å². The van der Waals surface area contributed by atoms with Crippen molar-refractivity contribution in [2.45, 2.75) is 13.0 Å². The zero-order chi connectivity index (χ0) is 17.9. The van der Waals surface area contributed by atoms with Gasteiger partial charge in [0, 0.05) is 32.2 Å². The van der Waals surface area contributed by atoms with Gasteiger partial charge in [0.1, 0.15) is 11.8 Å². The molecule has 24 heavy (non-hydrogen) atoms. The Labute approximate surface area is 143 Å². The largest absolute Gasteiger partial charge is 0.497 e. The summed E-state index contributed by atoms with van der Waals surface area (Å²) in [4.78, 5) is 16.7. The lowest BCUT2D eigenvalue weighted by Gasteiger charge is -2.36. The smallest absolute Gasteiger partial charge is 0.246 e. The van der Waals surface area contributed by atoms with Crippen LogP contribution in [0.15, 0.2) is 24.3 Å². The molecule has 1 amide bonds. The summed E-state index contributed by atoms with van der Waals surface area (Å²) in [7, 11) is -0.0959. The number of rotatable bonds is 5. The molecule has 1 atom stereocenters. The van der Waals surface area contributed by atoms with Crippen LogP contribution in [0.2, 0.25) is 0 Å². The summed E-state index contributed by atoms with van der Waals surface area (Å²) in [6.45, 7) is 4.42. The van der Waals surface area contributed by atoms with Crippen molar-refractivity contribution in [1.82, 2.24) is 9.80 Å². The number of amides is 1. The van der Waals surface area contributed by atoms with E-state index in [1.165, 1.54) is 7.11 Å². The van der Waals surface area contributed by atoms with Crippen molar-refractivity contribution in [2.75, 3.05) is 50.9 Å². The Bertz CT molecular complexity index is 684. The number of piperazine rings is 1. The van der Waals surface area contributed by atoms with E-state index >= 15 is 0 Å². The number of benzene rings is 1. The Morgan fingerprint density at radius 3 is 2.42 bits per heavy atom. The number of carbonyl (C=O) groups excluding carboxylic acids is 1. The minimum absolute atomic E-state index is 0.184. The van der Waals surface area contributed by atoms with E-state index in [2.05, 4.69) is 4.90 Å². The summed E-state index contributed by atoms with van der Waals surface area (Å²) < 4.78 is 31.0. The Balaban J connectivity index is 2.29. The van der Waals surface area contributed by atoms with Crippen molar-refractivity contribution in [1.29, 1.82) is 0 Å². The highest BCUT2D eigenvalue weighted by Crippen LogP contribution is 2.26. The second kappa shape index (κ2) is 7.40. The molecule has 0 N–H and O–H groups in total. The van der Waals surface area contributed by atoms with Crippen LogP contribution in [0.4, 0.5) is 5.69 Å². The Kier molecular flexibility index (Phi) is 5.71. The summed E-state index contributed by atoms with van der Waals surface area (Å²) in [6.07, 6.45) is 1.11. The normalized spacial score (nSPS) is 17.4. The molecule has 8 heteroatoms. The van der Waals surface area contributed by atoms with Gasteiger partial charge in [-0.3, -0.25) is 9.10 Å². The molecular formula is C16H25N3O4S. The third-order valence-electron chi connectivity index (χ3n) is 4.19. The van der Waals surface area contributed by atoms with Crippen LogP contribution in [0.25, 0.3) is 0 Å². The maximum Gasteiger partial charge on any atom is 0.246 e. The van der Waals surface area contributed by atoms with Crippen molar-refractivity contribution in [2.24, 2.45) is 0 Å². The highest BCUT2D eigenvalue weighted by atomic mass is 32.2. The number of methoxy groups -OCH3 is 1. The van der Waals surface area contributed by atoms with E-state index < -0.39 is 16.1 Å². The molecule has 1 aliphatic rings. The fourth-order valence-electron chi connectivity index (χ4n) is 2.84. The van der Waals surface area contributed by atoms with Crippen molar-refractivity contribution in [3.8, 4) is 5.75 Å². The van der Waals surface area contributed by atoms with Gasteiger partial charge in [-0.2, -0.15) is 0 Å². The van der Waals surface area contributed by atoms with Crippen LogP contribution in [0.5, 0.6) is 5.75 Å². The third kappa shape index (κ3) is 4.18. The fraction of sp³-hybridized carbons (Fsp3) is 0.562. The second-order valence-electron chi connectivity index (χ2n) is 6.06. The SMILES string of the molecule is COc1cccc(N([C@H](C)C(=O)N2CCN(C)CC2)S(C)(=O)=O)c1. The van der Waals surface area contributed by atoms with Gasteiger partial charge in [-0.05, 0) is 26.1 Å². The molecule has 1 aliphatic heterocycles. The van der Waals surface area contributed by atoms with Gasteiger partial charge >= 0.3 is 0 Å². The molecule has 0 unspecified atom stereocenters. The number of ether oxygens (including phenoxy) is 1. The number of carbonyl (C=O) groups is 1. The lowest BCUT2D eigenvalue weighted by atomic mass is 10.2. The summed E-state index contributed by atoms with van der Waals surface area (Å²) >= 11 is 0. The first-order chi connectivity index (χ1) is 11.2. The first-order valence-electron chi connectivity index (χ1n) is 7.85. The van der Waals surface area contributed by atoms with Crippen molar-refractivity contribution in [3.05, 3.63) is 24.3 Å². The molecule has 7 nitrogen and oxygen atoms in total. The van der Waals surface area contributed by atoms with E-state index in [-0.39, 0.29) is 5.91 Å². The summed E-state index contributed by atoms with van der Waals surface area (Å²) in [5.74, 6) is 0.358. The molecule has 1 aromatic rings. The predicted octanol–water partition coefficient (Wildman–Crippen LogP) is 0.624. The number of nitrogens with zero attached hydrogens (tertiary/aromatic N) is 3. The molecule has 0 saturated carbocycles. The Morgan fingerprint density at radius 1 is 1.25 bits per heavy atom. The van der Waals surface area contributed by atoms with Crippen LogP contribution >= 0.6 is 0 Å². The predicted molar refractivity (Wildman–Crippen MR) is 93.9 cm³/mol. The summed E-state index contributed by atoms with van der Waals surface area (Å²) in [6, 6.07) is 5.91. The first kappa shape index (κ1) is 18.5. The number of sulfonamides is 1. The zero-order valence-electron chi connectivity index (χ0n) is 14.6. The molecule has 0 spiro atoms. The molecule has 2 rings (SSSR count). The van der Waals surface area contributed by atoms with E-state index in [1.807, 2.05) is 7.05 Å². The first-order valence-corrected chi connectivity index (χ1v) is 9.69. The molecule has 0 aliphatic carbocycles. The van der Waals surface area contributed by atoms with Crippen molar-refractivity contribution >= 4 is 21.6 Å². The quantitative estimate of drug-likeness (QED) is 0.775. The molecule has 134 valence electrons. The van der Waals surface area contributed by atoms with Crippen LogP contribution in [-0.2, 0) is 14.8 Å². The second-order valence-corrected chi connectivity index (χ2v) is 7.92. The van der Waals surface area contributed by atoms with Crippen LogP contribution in [0, 0.1) is 0 Å². The standard InChI is InChI=1S/C16H25N3O4S/c1-13(16(20)18-10-8-17(2)9-11-18)19(24(4,21)22)14-6-5-7-15(12-14)23-3/h5-7,12-13H,8-11H2,1-4H3/t13-/m1/s1.